The van der Waals surface area contributed by atoms with Crippen molar-refractivity contribution < 1.29 is 14.3 Å². The molecule has 0 aliphatic carbocycles. The van der Waals surface area contributed by atoms with Crippen LogP contribution in [0.4, 0.5) is 0 Å². The van der Waals surface area contributed by atoms with E-state index in [9.17, 15) is 9.59 Å². The van der Waals surface area contributed by atoms with E-state index >= 15 is 0 Å². The van der Waals surface area contributed by atoms with Gasteiger partial charge in [0.05, 0.1) is 12.9 Å². The number of rotatable bonds is 10. The van der Waals surface area contributed by atoms with E-state index in [1.807, 2.05) is 68.4 Å². The first-order valence-electron chi connectivity index (χ1n) is 9.75. The SMILES string of the molecule is COc1ccc(CN(C(=O)CSCc2ccccc2)[C@@H](C)C(=O)NC(C)C)cc1. The predicted octanol–water partition coefficient (Wildman–Crippen LogP) is 3.87. The van der Waals surface area contributed by atoms with E-state index in [-0.39, 0.29) is 17.9 Å². The van der Waals surface area contributed by atoms with Crippen LogP contribution in [0.15, 0.2) is 54.6 Å². The molecule has 2 amide bonds. The third-order valence-corrected chi connectivity index (χ3v) is 5.44. The lowest BCUT2D eigenvalue weighted by molar-refractivity contribution is -0.138. The standard InChI is InChI=1S/C23H30N2O3S/c1-17(2)24-23(27)18(3)25(14-19-10-12-21(28-4)13-11-19)22(26)16-29-15-20-8-6-5-7-9-20/h5-13,17-18H,14-16H2,1-4H3,(H,24,27)/t18-/m0/s1. The number of hydrogen-bond acceptors (Lipinski definition) is 4. The molecule has 1 atom stereocenters. The van der Waals surface area contributed by atoms with Gasteiger partial charge < -0.3 is 15.0 Å². The van der Waals surface area contributed by atoms with E-state index in [4.69, 9.17) is 4.74 Å². The third kappa shape index (κ3) is 7.46. The number of carbonyl (C=O) groups is 2. The maximum Gasteiger partial charge on any atom is 0.242 e. The molecule has 0 aliphatic rings. The van der Waals surface area contributed by atoms with Gasteiger partial charge in [-0.25, -0.2) is 0 Å². The van der Waals surface area contributed by atoms with Crippen molar-refractivity contribution in [3.05, 3.63) is 65.7 Å². The summed E-state index contributed by atoms with van der Waals surface area (Å²) < 4.78 is 5.20. The summed E-state index contributed by atoms with van der Waals surface area (Å²) in [5.74, 6) is 1.65. The highest BCUT2D eigenvalue weighted by Crippen LogP contribution is 2.17. The first-order valence-corrected chi connectivity index (χ1v) is 10.9. The van der Waals surface area contributed by atoms with Gasteiger partial charge in [-0.2, -0.15) is 0 Å². The number of amides is 2. The molecule has 0 unspecified atom stereocenters. The van der Waals surface area contributed by atoms with Crippen LogP contribution in [0.25, 0.3) is 0 Å². The minimum absolute atomic E-state index is 0.0235. The fraction of sp³-hybridized carbons (Fsp3) is 0.391. The van der Waals surface area contributed by atoms with Crippen LogP contribution in [0.3, 0.4) is 0 Å². The molecule has 0 aromatic heterocycles. The van der Waals surface area contributed by atoms with Crippen LogP contribution in [0.2, 0.25) is 0 Å². The molecule has 2 aromatic rings. The van der Waals surface area contributed by atoms with Crippen molar-refractivity contribution in [2.45, 2.75) is 45.2 Å². The number of hydrogen-bond donors (Lipinski definition) is 1. The Kier molecular flexibility index (Phi) is 9.06. The number of benzene rings is 2. The van der Waals surface area contributed by atoms with Crippen molar-refractivity contribution >= 4 is 23.6 Å². The Morgan fingerprint density at radius 3 is 2.24 bits per heavy atom. The maximum atomic E-state index is 13.0. The fourth-order valence-corrected chi connectivity index (χ4v) is 3.70. The van der Waals surface area contributed by atoms with E-state index < -0.39 is 6.04 Å². The van der Waals surface area contributed by atoms with Crippen LogP contribution in [0.5, 0.6) is 5.75 Å². The maximum absolute atomic E-state index is 13.0. The summed E-state index contributed by atoms with van der Waals surface area (Å²) in [4.78, 5) is 27.2. The topological polar surface area (TPSA) is 58.6 Å². The molecule has 0 spiro atoms. The lowest BCUT2D eigenvalue weighted by Crippen LogP contribution is -2.49. The zero-order valence-electron chi connectivity index (χ0n) is 17.6. The summed E-state index contributed by atoms with van der Waals surface area (Å²) in [6.07, 6.45) is 0. The third-order valence-electron chi connectivity index (χ3n) is 4.45. The highest BCUT2D eigenvalue weighted by molar-refractivity contribution is 7.99. The predicted molar refractivity (Wildman–Crippen MR) is 119 cm³/mol. The molecule has 2 rings (SSSR count). The van der Waals surface area contributed by atoms with Gasteiger partial charge in [0, 0.05) is 18.3 Å². The minimum atomic E-state index is -0.552. The summed E-state index contributed by atoms with van der Waals surface area (Å²) in [5, 5.41) is 2.90. The zero-order chi connectivity index (χ0) is 21.2. The van der Waals surface area contributed by atoms with E-state index in [0.717, 1.165) is 17.1 Å². The average Bonchev–Trinajstić information content (AvgIpc) is 2.72. The number of ether oxygens (including phenoxy) is 1. The van der Waals surface area contributed by atoms with Crippen molar-refractivity contribution in [3.8, 4) is 5.75 Å². The molecule has 0 saturated heterocycles. The molecule has 0 heterocycles. The Bertz CT molecular complexity index is 778. The molecule has 0 fully saturated rings. The van der Waals surface area contributed by atoms with Crippen LogP contribution >= 0.6 is 11.8 Å². The lowest BCUT2D eigenvalue weighted by Gasteiger charge is -2.29. The Morgan fingerprint density at radius 2 is 1.66 bits per heavy atom. The van der Waals surface area contributed by atoms with Crippen molar-refractivity contribution in [1.29, 1.82) is 0 Å². The van der Waals surface area contributed by atoms with Gasteiger partial charge in [0.2, 0.25) is 11.8 Å². The molecule has 5 nitrogen and oxygen atoms in total. The van der Waals surface area contributed by atoms with Crippen molar-refractivity contribution in [3.63, 3.8) is 0 Å². The highest BCUT2D eigenvalue weighted by Gasteiger charge is 2.26. The molecule has 0 saturated carbocycles. The Balaban J connectivity index is 2.06. The highest BCUT2D eigenvalue weighted by atomic mass is 32.2. The summed E-state index contributed by atoms with van der Waals surface area (Å²) in [6, 6.07) is 17.1. The molecule has 6 heteroatoms. The van der Waals surface area contributed by atoms with Gasteiger partial charge >= 0.3 is 0 Å². The Labute approximate surface area is 177 Å². The second-order valence-corrected chi connectivity index (χ2v) is 8.17. The molecule has 1 N–H and O–H groups in total. The second-order valence-electron chi connectivity index (χ2n) is 7.19. The summed E-state index contributed by atoms with van der Waals surface area (Å²) in [6.45, 7) is 5.98. The van der Waals surface area contributed by atoms with Crippen molar-refractivity contribution in [2.24, 2.45) is 0 Å². The van der Waals surface area contributed by atoms with Gasteiger partial charge in [-0.3, -0.25) is 9.59 Å². The van der Waals surface area contributed by atoms with Gasteiger partial charge in [0.25, 0.3) is 0 Å². The van der Waals surface area contributed by atoms with Gasteiger partial charge in [-0.1, -0.05) is 42.5 Å². The molecule has 0 radical (unpaired) electrons. The smallest absolute Gasteiger partial charge is 0.242 e. The van der Waals surface area contributed by atoms with E-state index in [0.29, 0.717) is 12.3 Å². The number of methoxy groups -OCH3 is 1. The summed E-state index contributed by atoms with van der Waals surface area (Å²) in [5.41, 5.74) is 2.13. The van der Waals surface area contributed by atoms with Gasteiger partial charge in [-0.15, -0.1) is 11.8 Å². The largest absolute Gasteiger partial charge is 0.497 e. The van der Waals surface area contributed by atoms with Gasteiger partial charge in [-0.05, 0) is 44.0 Å². The fourth-order valence-electron chi connectivity index (χ4n) is 2.83. The number of nitrogens with zero attached hydrogens (tertiary/aromatic N) is 1. The quantitative estimate of drug-likeness (QED) is 0.641. The normalized spacial score (nSPS) is 11.8. The van der Waals surface area contributed by atoms with E-state index in [1.54, 1.807) is 30.7 Å². The van der Waals surface area contributed by atoms with Crippen molar-refractivity contribution in [1.82, 2.24) is 10.2 Å². The molecule has 0 aliphatic heterocycles. The summed E-state index contributed by atoms with van der Waals surface area (Å²) in [7, 11) is 1.62. The van der Waals surface area contributed by atoms with Crippen LogP contribution in [-0.4, -0.2) is 41.7 Å². The molecular formula is C23H30N2O3S. The second kappa shape index (κ2) is 11.5. The molecule has 156 valence electrons. The number of carbonyl (C=O) groups excluding carboxylic acids is 2. The van der Waals surface area contributed by atoms with Gasteiger partial charge in [0.1, 0.15) is 11.8 Å². The number of thioether (sulfide) groups is 1. The van der Waals surface area contributed by atoms with E-state index in [2.05, 4.69) is 5.32 Å². The minimum Gasteiger partial charge on any atom is -0.497 e. The molecule has 2 aromatic carbocycles. The van der Waals surface area contributed by atoms with Crippen LogP contribution in [-0.2, 0) is 21.9 Å². The van der Waals surface area contributed by atoms with E-state index in [1.165, 1.54) is 5.56 Å². The van der Waals surface area contributed by atoms with Crippen LogP contribution < -0.4 is 10.1 Å². The first-order chi connectivity index (χ1) is 13.9. The molecule has 29 heavy (non-hydrogen) atoms. The number of nitrogens with one attached hydrogen (secondary N) is 1. The Morgan fingerprint density at radius 1 is 1.00 bits per heavy atom. The lowest BCUT2D eigenvalue weighted by atomic mass is 10.1. The monoisotopic (exact) mass is 414 g/mol. The summed E-state index contributed by atoms with van der Waals surface area (Å²) >= 11 is 1.56. The van der Waals surface area contributed by atoms with Crippen LogP contribution in [0.1, 0.15) is 31.9 Å². The van der Waals surface area contributed by atoms with Crippen LogP contribution in [0, 0.1) is 0 Å². The molecule has 0 bridgehead atoms. The zero-order valence-corrected chi connectivity index (χ0v) is 18.4. The Hall–Kier alpha value is -2.47. The molecular weight excluding hydrogens is 384 g/mol. The van der Waals surface area contributed by atoms with Crippen molar-refractivity contribution in [2.75, 3.05) is 12.9 Å². The van der Waals surface area contributed by atoms with Gasteiger partial charge in [0.15, 0.2) is 0 Å². The average molecular weight is 415 g/mol. The first kappa shape index (κ1) is 22.8.